The Balaban J connectivity index is 2.47. The highest BCUT2D eigenvalue weighted by atomic mass is 16.5. The molecule has 5 nitrogen and oxygen atoms in total. The number of hydrogen-bond donors (Lipinski definition) is 1. The molecule has 1 aromatic rings. The quantitative estimate of drug-likeness (QED) is 0.409. The minimum Gasteiger partial charge on any atom is -0.493 e. The summed E-state index contributed by atoms with van der Waals surface area (Å²) in [5.74, 6) is 1.30. The molecule has 122 valence electrons. The van der Waals surface area contributed by atoms with Crippen LogP contribution in [0.15, 0.2) is 23.3 Å². The van der Waals surface area contributed by atoms with Gasteiger partial charge in [0.1, 0.15) is 0 Å². The van der Waals surface area contributed by atoms with Gasteiger partial charge in [-0.15, -0.1) is 0 Å². The van der Waals surface area contributed by atoms with Crippen LogP contribution in [-0.4, -0.2) is 25.8 Å². The summed E-state index contributed by atoms with van der Waals surface area (Å²) in [6, 6.07) is 5.52. The highest BCUT2D eigenvalue weighted by Gasteiger charge is 2.04. The molecule has 0 saturated heterocycles. The summed E-state index contributed by atoms with van der Waals surface area (Å²) in [5, 5.41) is 3.97. The van der Waals surface area contributed by atoms with Gasteiger partial charge < -0.3 is 9.47 Å². The van der Waals surface area contributed by atoms with Crippen LogP contribution in [-0.2, 0) is 4.79 Å². The number of carbonyl (C=O) groups excluding carboxylic acids is 1. The molecule has 0 aliphatic carbocycles. The lowest BCUT2D eigenvalue weighted by Crippen LogP contribution is -2.16. The number of carbonyl (C=O) groups is 1. The smallest absolute Gasteiger partial charge is 0.240 e. The van der Waals surface area contributed by atoms with Crippen LogP contribution in [0.2, 0.25) is 0 Å². The molecule has 5 heteroatoms. The number of nitrogens with zero attached hydrogens (tertiary/aromatic N) is 1. The maximum Gasteiger partial charge on any atom is 0.240 e. The van der Waals surface area contributed by atoms with E-state index in [-0.39, 0.29) is 5.91 Å². The lowest BCUT2D eigenvalue weighted by Gasteiger charge is -2.09. The fourth-order valence-corrected chi connectivity index (χ4v) is 1.99. The molecule has 0 saturated carbocycles. The van der Waals surface area contributed by atoms with Crippen molar-refractivity contribution < 1.29 is 14.3 Å². The fraction of sp³-hybridized carbons (Fsp3) is 0.529. The first-order valence-electron chi connectivity index (χ1n) is 7.84. The van der Waals surface area contributed by atoms with E-state index in [2.05, 4.69) is 17.5 Å². The topological polar surface area (TPSA) is 59.9 Å². The van der Waals surface area contributed by atoms with E-state index in [1.54, 1.807) is 13.3 Å². The van der Waals surface area contributed by atoms with Crippen molar-refractivity contribution in [3.63, 3.8) is 0 Å². The SMILES string of the molecule is CCCCCCC(=O)NN=Cc1ccc(OCC)c(OC)c1. The first-order valence-corrected chi connectivity index (χ1v) is 7.84. The average Bonchev–Trinajstić information content (AvgIpc) is 2.53. The molecule has 0 heterocycles. The van der Waals surface area contributed by atoms with E-state index in [0.717, 1.165) is 18.4 Å². The first kappa shape index (κ1) is 18.0. The molecule has 0 aromatic heterocycles. The normalized spacial score (nSPS) is 10.7. The van der Waals surface area contributed by atoms with Crippen LogP contribution in [0.4, 0.5) is 0 Å². The van der Waals surface area contributed by atoms with Gasteiger partial charge in [-0.1, -0.05) is 26.2 Å². The number of hydrogen-bond acceptors (Lipinski definition) is 4. The largest absolute Gasteiger partial charge is 0.493 e. The van der Waals surface area contributed by atoms with Gasteiger partial charge in [-0.2, -0.15) is 5.10 Å². The second-order valence-electron chi connectivity index (χ2n) is 4.95. The molecule has 22 heavy (non-hydrogen) atoms. The highest BCUT2D eigenvalue weighted by Crippen LogP contribution is 2.27. The Morgan fingerprint density at radius 3 is 2.73 bits per heavy atom. The lowest BCUT2D eigenvalue weighted by molar-refractivity contribution is -0.121. The van der Waals surface area contributed by atoms with E-state index in [1.807, 2.05) is 25.1 Å². The third-order valence-electron chi connectivity index (χ3n) is 3.15. The Kier molecular flexibility index (Phi) is 8.72. The standard InChI is InChI=1S/C17H26N2O3/c1-4-6-7-8-9-17(20)19-18-13-14-10-11-15(22-5-2)16(12-14)21-3/h10-13H,4-9H2,1-3H3,(H,19,20). The molecule has 0 aliphatic heterocycles. The number of amides is 1. The molecular formula is C17H26N2O3. The molecule has 1 aromatic carbocycles. The molecule has 0 unspecified atom stereocenters. The number of nitrogens with one attached hydrogen (secondary N) is 1. The number of ether oxygens (including phenoxy) is 2. The molecule has 0 aliphatic rings. The maximum atomic E-state index is 11.6. The molecule has 0 atom stereocenters. The summed E-state index contributed by atoms with van der Waals surface area (Å²) < 4.78 is 10.7. The van der Waals surface area contributed by atoms with Gasteiger partial charge in [0.25, 0.3) is 0 Å². The van der Waals surface area contributed by atoms with E-state index >= 15 is 0 Å². The maximum absolute atomic E-state index is 11.6. The first-order chi connectivity index (χ1) is 10.7. The Hall–Kier alpha value is -2.04. The van der Waals surface area contributed by atoms with Crippen LogP contribution in [0.1, 0.15) is 51.5 Å². The molecule has 0 radical (unpaired) electrons. The molecule has 1 N–H and O–H groups in total. The summed E-state index contributed by atoms with van der Waals surface area (Å²) in [6.45, 7) is 4.65. The molecule has 0 spiro atoms. The van der Waals surface area contributed by atoms with Crippen molar-refractivity contribution in [1.29, 1.82) is 0 Å². The van der Waals surface area contributed by atoms with E-state index in [0.29, 0.717) is 24.5 Å². The van der Waals surface area contributed by atoms with E-state index in [9.17, 15) is 4.79 Å². The number of benzene rings is 1. The summed E-state index contributed by atoms with van der Waals surface area (Å²) in [6.07, 6.45) is 6.45. The Labute approximate surface area is 132 Å². The van der Waals surface area contributed by atoms with Crippen molar-refractivity contribution in [3.05, 3.63) is 23.8 Å². The van der Waals surface area contributed by atoms with Crippen LogP contribution in [0.25, 0.3) is 0 Å². The zero-order chi connectivity index (χ0) is 16.2. The van der Waals surface area contributed by atoms with Crippen LogP contribution >= 0.6 is 0 Å². The Morgan fingerprint density at radius 2 is 2.05 bits per heavy atom. The van der Waals surface area contributed by atoms with Crippen LogP contribution in [0.5, 0.6) is 11.5 Å². The van der Waals surface area contributed by atoms with Gasteiger partial charge in [0.05, 0.1) is 19.9 Å². The third kappa shape index (κ3) is 6.61. The summed E-state index contributed by atoms with van der Waals surface area (Å²) >= 11 is 0. The van der Waals surface area contributed by atoms with Crippen LogP contribution < -0.4 is 14.9 Å². The Morgan fingerprint density at radius 1 is 1.23 bits per heavy atom. The number of rotatable bonds is 10. The molecular weight excluding hydrogens is 280 g/mol. The van der Waals surface area contributed by atoms with Crippen molar-refractivity contribution in [2.75, 3.05) is 13.7 Å². The van der Waals surface area contributed by atoms with Crippen molar-refractivity contribution in [1.82, 2.24) is 5.43 Å². The second-order valence-corrected chi connectivity index (χ2v) is 4.95. The van der Waals surface area contributed by atoms with Gasteiger partial charge in [-0.05, 0) is 37.1 Å². The zero-order valence-electron chi connectivity index (χ0n) is 13.7. The molecule has 1 amide bonds. The summed E-state index contributed by atoms with van der Waals surface area (Å²) in [7, 11) is 1.59. The van der Waals surface area contributed by atoms with Crippen LogP contribution in [0.3, 0.4) is 0 Å². The molecule has 1 rings (SSSR count). The van der Waals surface area contributed by atoms with Gasteiger partial charge in [0.15, 0.2) is 11.5 Å². The number of unbranched alkanes of at least 4 members (excludes halogenated alkanes) is 3. The highest BCUT2D eigenvalue weighted by molar-refractivity contribution is 5.83. The number of hydrazone groups is 1. The lowest BCUT2D eigenvalue weighted by atomic mass is 10.1. The monoisotopic (exact) mass is 306 g/mol. The van der Waals surface area contributed by atoms with E-state index < -0.39 is 0 Å². The van der Waals surface area contributed by atoms with Gasteiger partial charge >= 0.3 is 0 Å². The predicted molar refractivity (Wildman–Crippen MR) is 88.7 cm³/mol. The number of methoxy groups -OCH3 is 1. The predicted octanol–water partition coefficient (Wildman–Crippen LogP) is 3.51. The minimum absolute atomic E-state index is 0.0507. The van der Waals surface area contributed by atoms with Crippen molar-refractivity contribution >= 4 is 12.1 Å². The van der Waals surface area contributed by atoms with Gasteiger partial charge in [0, 0.05) is 6.42 Å². The summed E-state index contributed by atoms with van der Waals surface area (Å²) in [4.78, 5) is 11.6. The summed E-state index contributed by atoms with van der Waals surface area (Å²) in [5.41, 5.74) is 3.38. The van der Waals surface area contributed by atoms with Crippen molar-refractivity contribution in [2.24, 2.45) is 5.10 Å². The minimum atomic E-state index is -0.0507. The zero-order valence-corrected chi connectivity index (χ0v) is 13.7. The van der Waals surface area contributed by atoms with E-state index in [4.69, 9.17) is 9.47 Å². The third-order valence-corrected chi connectivity index (χ3v) is 3.15. The second kappa shape index (κ2) is 10.7. The molecule has 0 fully saturated rings. The van der Waals surface area contributed by atoms with E-state index in [1.165, 1.54) is 12.8 Å². The van der Waals surface area contributed by atoms with Crippen molar-refractivity contribution in [2.45, 2.75) is 46.0 Å². The van der Waals surface area contributed by atoms with Crippen molar-refractivity contribution in [3.8, 4) is 11.5 Å². The fourth-order valence-electron chi connectivity index (χ4n) is 1.99. The average molecular weight is 306 g/mol. The van der Waals surface area contributed by atoms with Gasteiger partial charge in [-0.3, -0.25) is 4.79 Å². The Bertz CT molecular complexity index is 487. The van der Waals surface area contributed by atoms with Gasteiger partial charge in [-0.25, -0.2) is 5.43 Å². The van der Waals surface area contributed by atoms with Crippen LogP contribution in [0, 0.1) is 0 Å². The van der Waals surface area contributed by atoms with Gasteiger partial charge in [0.2, 0.25) is 5.91 Å². The molecule has 0 bridgehead atoms.